The van der Waals surface area contributed by atoms with Crippen LogP contribution in [0, 0.1) is 0 Å². The van der Waals surface area contributed by atoms with Gasteiger partial charge in [-0.25, -0.2) is 4.98 Å². The molecule has 0 radical (unpaired) electrons. The van der Waals surface area contributed by atoms with E-state index in [0.29, 0.717) is 18.1 Å². The van der Waals surface area contributed by atoms with Crippen molar-refractivity contribution in [3.63, 3.8) is 0 Å². The minimum Gasteiger partial charge on any atom is -0.477 e. The molecule has 1 amide bonds. The lowest BCUT2D eigenvalue weighted by atomic mass is 9.72. The van der Waals surface area contributed by atoms with Gasteiger partial charge in [0.25, 0.3) is 5.91 Å². The molecule has 1 aromatic carbocycles. The Balaban J connectivity index is 1.69. The number of nitrogens with one attached hydrogen (secondary N) is 2. The number of fused-ring (bicyclic) bond motifs is 2. The number of ether oxygens (including phenoxy) is 2. The first-order valence-electron chi connectivity index (χ1n) is 9.93. The van der Waals surface area contributed by atoms with Gasteiger partial charge in [-0.15, -0.1) is 0 Å². The number of benzene rings is 1. The number of aromatic nitrogens is 1. The third kappa shape index (κ3) is 3.06. The SMILES string of the molecule is CCOc1ncccc1C(=O)N[C@@H]1c2ccccc2C2(CCNCC2)[C@H]1OC. The van der Waals surface area contributed by atoms with Gasteiger partial charge in [-0.2, -0.15) is 0 Å². The maximum Gasteiger partial charge on any atom is 0.257 e. The zero-order valence-corrected chi connectivity index (χ0v) is 16.4. The van der Waals surface area contributed by atoms with Crippen LogP contribution >= 0.6 is 0 Å². The Bertz CT molecular complexity index is 848. The molecule has 2 atom stereocenters. The monoisotopic (exact) mass is 381 g/mol. The van der Waals surface area contributed by atoms with Crippen LogP contribution in [0.25, 0.3) is 0 Å². The first-order chi connectivity index (χ1) is 13.7. The molecule has 148 valence electrons. The van der Waals surface area contributed by atoms with Crippen LogP contribution in [0.15, 0.2) is 42.6 Å². The number of pyridine rings is 1. The molecule has 2 aliphatic rings. The number of methoxy groups -OCH3 is 1. The molecule has 6 nitrogen and oxygen atoms in total. The van der Waals surface area contributed by atoms with Gasteiger partial charge < -0.3 is 20.1 Å². The van der Waals surface area contributed by atoms with Gasteiger partial charge in [-0.3, -0.25) is 4.79 Å². The van der Waals surface area contributed by atoms with Crippen molar-refractivity contribution in [2.24, 2.45) is 0 Å². The van der Waals surface area contributed by atoms with E-state index >= 15 is 0 Å². The number of hydrogen-bond acceptors (Lipinski definition) is 5. The van der Waals surface area contributed by atoms with Crippen molar-refractivity contribution in [1.82, 2.24) is 15.6 Å². The van der Waals surface area contributed by atoms with E-state index in [1.54, 1.807) is 25.4 Å². The molecule has 1 fully saturated rings. The lowest BCUT2D eigenvalue weighted by Crippen LogP contribution is -2.49. The Labute approximate surface area is 165 Å². The zero-order valence-electron chi connectivity index (χ0n) is 16.4. The van der Waals surface area contributed by atoms with Gasteiger partial charge in [0.15, 0.2) is 0 Å². The zero-order chi connectivity index (χ0) is 19.6. The number of amides is 1. The Morgan fingerprint density at radius 2 is 2.04 bits per heavy atom. The Morgan fingerprint density at radius 1 is 1.25 bits per heavy atom. The number of carbonyl (C=O) groups is 1. The number of piperidine rings is 1. The van der Waals surface area contributed by atoms with E-state index in [0.717, 1.165) is 31.5 Å². The standard InChI is InChI=1S/C22H27N3O3/c1-3-28-21-16(8-6-12-24-21)20(26)25-18-15-7-4-5-9-17(15)22(19(18)27-2)10-13-23-14-11-22/h4-9,12,18-19,23H,3,10-11,13-14H2,1-2H3,(H,25,26)/t18-,19+/m1/s1. The Kier molecular flexibility index (Phi) is 5.33. The lowest BCUT2D eigenvalue weighted by molar-refractivity contribution is 0.00393. The molecule has 1 saturated heterocycles. The highest BCUT2D eigenvalue weighted by Gasteiger charge is 2.53. The second-order valence-electron chi connectivity index (χ2n) is 7.39. The average Bonchev–Trinajstić information content (AvgIpc) is 2.98. The summed E-state index contributed by atoms with van der Waals surface area (Å²) in [5, 5.41) is 6.67. The van der Waals surface area contributed by atoms with Crippen LogP contribution in [0.5, 0.6) is 5.88 Å². The molecule has 2 aromatic rings. The molecular weight excluding hydrogens is 354 g/mol. The van der Waals surface area contributed by atoms with E-state index < -0.39 is 0 Å². The molecule has 0 unspecified atom stereocenters. The second-order valence-corrected chi connectivity index (χ2v) is 7.39. The number of nitrogens with zero attached hydrogens (tertiary/aromatic N) is 1. The fourth-order valence-corrected chi connectivity index (χ4v) is 4.83. The lowest BCUT2D eigenvalue weighted by Gasteiger charge is -2.40. The van der Waals surface area contributed by atoms with E-state index in [1.807, 2.05) is 13.0 Å². The van der Waals surface area contributed by atoms with Crippen molar-refractivity contribution in [3.8, 4) is 5.88 Å². The molecule has 4 rings (SSSR count). The van der Waals surface area contributed by atoms with E-state index in [9.17, 15) is 4.79 Å². The van der Waals surface area contributed by atoms with E-state index in [1.165, 1.54) is 5.56 Å². The van der Waals surface area contributed by atoms with Gasteiger partial charge in [-0.1, -0.05) is 24.3 Å². The van der Waals surface area contributed by atoms with Crippen LogP contribution < -0.4 is 15.4 Å². The molecule has 0 bridgehead atoms. The van der Waals surface area contributed by atoms with Gasteiger partial charge in [-0.05, 0) is 56.1 Å². The highest BCUT2D eigenvalue weighted by molar-refractivity contribution is 5.96. The van der Waals surface area contributed by atoms with Gasteiger partial charge in [0, 0.05) is 18.7 Å². The summed E-state index contributed by atoms with van der Waals surface area (Å²) in [5.41, 5.74) is 2.81. The fraction of sp³-hybridized carbons (Fsp3) is 0.455. The molecule has 2 heterocycles. The van der Waals surface area contributed by atoms with Crippen molar-refractivity contribution in [3.05, 3.63) is 59.3 Å². The van der Waals surface area contributed by atoms with E-state index in [4.69, 9.17) is 9.47 Å². The highest BCUT2D eigenvalue weighted by atomic mass is 16.5. The van der Waals surface area contributed by atoms with Crippen LogP contribution in [0.2, 0.25) is 0 Å². The molecule has 2 N–H and O–H groups in total. The predicted molar refractivity (Wildman–Crippen MR) is 107 cm³/mol. The fourth-order valence-electron chi connectivity index (χ4n) is 4.83. The van der Waals surface area contributed by atoms with Gasteiger partial charge in [0.05, 0.1) is 18.8 Å². The summed E-state index contributed by atoms with van der Waals surface area (Å²) in [7, 11) is 1.75. The number of carbonyl (C=O) groups excluding carboxylic acids is 1. The maximum atomic E-state index is 13.1. The number of rotatable bonds is 5. The van der Waals surface area contributed by atoms with Crippen molar-refractivity contribution in [1.29, 1.82) is 0 Å². The quantitative estimate of drug-likeness (QED) is 0.833. The molecule has 1 aliphatic carbocycles. The summed E-state index contributed by atoms with van der Waals surface area (Å²) in [6.45, 7) is 4.24. The molecule has 1 aromatic heterocycles. The Hall–Kier alpha value is -2.44. The van der Waals surface area contributed by atoms with Crippen LogP contribution in [-0.2, 0) is 10.2 Å². The van der Waals surface area contributed by atoms with Crippen molar-refractivity contribution in [2.75, 3.05) is 26.8 Å². The van der Waals surface area contributed by atoms with Crippen LogP contribution in [0.3, 0.4) is 0 Å². The molecule has 0 saturated carbocycles. The minimum atomic E-state index is -0.207. The smallest absolute Gasteiger partial charge is 0.257 e. The highest BCUT2D eigenvalue weighted by Crippen LogP contribution is 2.51. The van der Waals surface area contributed by atoms with Crippen LogP contribution in [-0.4, -0.2) is 43.8 Å². The van der Waals surface area contributed by atoms with Gasteiger partial charge in [0.1, 0.15) is 5.56 Å². The van der Waals surface area contributed by atoms with Crippen LogP contribution in [0.1, 0.15) is 47.3 Å². The normalized spacial score (nSPS) is 22.6. The Morgan fingerprint density at radius 3 is 2.79 bits per heavy atom. The van der Waals surface area contributed by atoms with Crippen molar-refractivity contribution < 1.29 is 14.3 Å². The number of hydrogen-bond donors (Lipinski definition) is 2. The summed E-state index contributed by atoms with van der Waals surface area (Å²) < 4.78 is 11.6. The van der Waals surface area contributed by atoms with Gasteiger partial charge in [0.2, 0.25) is 5.88 Å². The third-order valence-electron chi connectivity index (χ3n) is 6.01. The summed E-state index contributed by atoms with van der Waals surface area (Å²) in [6.07, 6.45) is 3.51. The first-order valence-corrected chi connectivity index (χ1v) is 9.93. The first kappa shape index (κ1) is 18.9. The largest absolute Gasteiger partial charge is 0.477 e. The summed E-state index contributed by atoms with van der Waals surface area (Å²) in [5.74, 6) is 0.170. The minimum absolute atomic E-state index is 0.0772. The second kappa shape index (κ2) is 7.89. The maximum absolute atomic E-state index is 13.1. The average molecular weight is 381 g/mol. The summed E-state index contributed by atoms with van der Waals surface area (Å²) >= 11 is 0. The van der Waals surface area contributed by atoms with Crippen LogP contribution in [0.4, 0.5) is 0 Å². The van der Waals surface area contributed by atoms with Gasteiger partial charge >= 0.3 is 0 Å². The van der Waals surface area contributed by atoms with E-state index in [2.05, 4.69) is 33.8 Å². The van der Waals surface area contributed by atoms with E-state index in [-0.39, 0.29) is 23.5 Å². The predicted octanol–water partition coefficient (Wildman–Crippen LogP) is 2.60. The molecule has 28 heavy (non-hydrogen) atoms. The molecule has 1 spiro atoms. The molecule has 6 heteroatoms. The topological polar surface area (TPSA) is 72.5 Å². The summed E-state index contributed by atoms with van der Waals surface area (Å²) in [6, 6.07) is 11.7. The molecular formula is C22H27N3O3. The third-order valence-corrected chi connectivity index (χ3v) is 6.01. The summed E-state index contributed by atoms with van der Waals surface area (Å²) in [4.78, 5) is 17.3. The van der Waals surface area contributed by atoms with Crippen molar-refractivity contribution in [2.45, 2.75) is 37.3 Å². The molecule has 1 aliphatic heterocycles. The van der Waals surface area contributed by atoms with Crippen molar-refractivity contribution >= 4 is 5.91 Å².